The van der Waals surface area contributed by atoms with E-state index in [4.69, 9.17) is 10.5 Å². The number of aromatic nitrogens is 1. The van der Waals surface area contributed by atoms with Crippen molar-refractivity contribution in [3.8, 4) is 0 Å². The number of anilines is 1. The van der Waals surface area contributed by atoms with Crippen molar-refractivity contribution in [2.24, 2.45) is 0 Å². The number of nitrogens with two attached hydrogens (primary N) is 1. The van der Waals surface area contributed by atoms with Gasteiger partial charge < -0.3 is 20.5 Å². The fourth-order valence-corrected chi connectivity index (χ4v) is 1.96. The predicted molar refractivity (Wildman–Crippen MR) is 93.7 cm³/mol. The van der Waals surface area contributed by atoms with Gasteiger partial charge in [-0.15, -0.1) is 0 Å². The van der Waals surface area contributed by atoms with Crippen LogP contribution in [0.5, 0.6) is 0 Å². The molecule has 25 heavy (non-hydrogen) atoms. The molecule has 0 fully saturated rings. The van der Waals surface area contributed by atoms with Gasteiger partial charge in [-0.25, -0.2) is 14.6 Å². The molecule has 7 heteroatoms. The van der Waals surface area contributed by atoms with E-state index in [0.29, 0.717) is 11.1 Å². The van der Waals surface area contributed by atoms with Gasteiger partial charge >= 0.3 is 12.1 Å². The molecule has 0 spiro atoms. The molecule has 0 aliphatic rings. The highest BCUT2D eigenvalue weighted by atomic mass is 16.5. The molecule has 2 rings (SSSR count). The minimum Gasteiger partial charge on any atom is -0.465 e. The van der Waals surface area contributed by atoms with Crippen molar-refractivity contribution in [1.82, 2.24) is 10.3 Å². The molecule has 130 valence electrons. The van der Waals surface area contributed by atoms with E-state index in [1.807, 2.05) is 30.3 Å². The molecule has 2 aromatic rings. The molecular weight excluding hydrogens is 322 g/mol. The summed E-state index contributed by atoms with van der Waals surface area (Å²) in [4.78, 5) is 27.0. The van der Waals surface area contributed by atoms with E-state index < -0.39 is 12.1 Å². The van der Waals surface area contributed by atoms with Crippen LogP contribution in [0, 0.1) is 0 Å². The number of hydrogen-bond acceptors (Lipinski definition) is 6. The zero-order valence-corrected chi connectivity index (χ0v) is 13.8. The Labute approximate surface area is 145 Å². The molecule has 1 amide bonds. The van der Waals surface area contributed by atoms with Crippen LogP contribution in [-0.4, -0.2) is 30.7 Å². The molecule has 3 N–H and O–H groups in total. The first-order valence-corrected chi connectivity index (χ1v) is 7.55. The van der Waals surface area contributed by atoms with Gasteiger partial charge in [0.25, 0.3) is 0 Å². The van der Waals surface area contributed by atoms with Crippen molar-refractivity contribution in [2.45, 2.75) is 6.61 Å². The summed E-state index contributed by atoms with van der Waals surface area (Å²) in [6.45, 7) is 0.448. The van der Waals surface area contributed by atoms with Gasteiger partial charge in [-0.3, -0.25) is 0 Å². The predicted octanol–water partition coefficient (Wildman–Crippen LogP) is 2.39. The minimum absolute atomic E-state index is 0.203. The zero-order chi connectivity index (χ0) is 18.1. The maximum atomic E-state index is 11.6. The van der Waals surface area contributed by atoms with E-state index in [9.17, 15) is 9.59 Å². The molecule has 1 aromatic carbocycles. The van der Waals surface area contributed by atoms with Crippen LogP contribution in [0.25, 0.3) is 6.08 Å². The largest absolute Gasteiger partial charge is 0.465 e. The topological polar surface area (TPSA) is 104 Å². The highest BCUT2D eigenvalue weighted by molar-refractivity contribution is 5.90. The summed E-state index contributed by atoms with van der Waals surface area (Å²) in [5.41, 5.74) is 7.52. The second-order valence-corrected chi connectivity index (χ2v) is 5.04. The van der Waals surface area contributed by atoms with Crippen molar-refractivity contribution < 1.29 is 19.1 Å². The second-order valence-electron chi connectivity index (χ2n) is 5.04. The third-order valence-corrected chi connectivity index (χ3v) is 3.25. The molecule has 0 saturated carbocycles. The Kier molecular flexibility index (Phi) is 6.53. The Balaban J connectivity index is 1.82. The van der Waals surface area contributed by atoms with Gasteiger partial charge in [0.1, 0.15) is 12.4 Å². The van der Waals surface area contributed by atoms with Gasteiger partial charge in [0.2, 0.25) is 0 Å². The first-order valence-electron chi connectivity index (χ1n) is 7.55. The number of carbonyl (C=O) groups is 2. The highest BCUT2D eigenvalue weighted by Gasteiger charge is 2.08. The molecule has 0 unspecified atom stereocenters. The highest BCUT2D eigenvalue weighted by Crippen LogP contribution is 2.13. The summed E-state index contributed by atoms with van der Waals surface area (Å²) in [6.07, 6.45) is 4.16. The molecule has 7 nitrogen and oxygen atoms in total. The van der Waals surface area contributed by atoms with Crippen LogP contribution >= 0.6 is 0 Å². The van der Waals surface area contributed by atoms with Gasteiger partial charge in [0.15, 0.2) is 0 Å². The van der Waals surface area contributed by atoms with Crippen LogP contribution < -0.4 is 11.1 Å². The van der Waals surface area contributed by atoms with Crippen LogP contribution in [0.15, 0.2) is 48.7 Å². The normalized spacial score (nSPS) is 10.4. The van der Waals surface area contributed by atoms with Crippen molar-refractivity contribution in [3.05, 3.63) is 65.4 Å². The lowest BCUT2D eigenvalue weighted by Gasteiger charge is -2.05. The zero-order valence-electron chi connectivity index (χ0n) is 13.8. The third-order valence-electron chi connectivity index (χ3n) is 3.25. The van der Waals surface area contributed by atoms with E-state index in [-0.39, 0.29) is 19.0 Å². The number of carbonyl (C=O) groups excluding carboxylic acids is 2. The van der Waals surface area contributed by atoms with E-state index in [1.165, 1.54) is 13.3 Å². The number of amides is 1. The summed E-state index contributed by atoms with van der Waals surface area (Å²) in [6, 6.07) is 11.0. The van der Waals surface area contributed by atoms with Crippen molar-refractivity contribution in [1.29, 1.82) is 0 Å². The first-order chi connectivity index (χ1) is 12.1. The summed E-state index contributed by atoms with van der Waals surface area (Å²) < 4.78 is 9.72. The minimum atomic E-state index is -0.525. The Morgan fingerprint density at radius 2 is 2.04 bits per heavy atom. The van der Waals surface area contributed by atoms with Crippen LogP contribution in [0.1, 0.15) is 21.5 Å². The van der Waals surface area contributed by atoms with Crippen LogP contribution in [0.3, 0.4) is 0 Å². The van der Waals surface area contributed by atoms with Crippen molar-refractivity contribution >= 4 is 24.0 Å². The molecule has 0 atom stereocenters. The number of pyridine rings is 1. The quantitative estimate of drug-likeness (QED) is 0.782. The van der Waals surface area contributed by atoms with Crippen LogP contribution in [0.2, 0.25) is 0 Å². The van der Waals surface area contributed by atoms with Crippen molar-refractivity contribution in [3.63, 3.8) is 0 Å². The standard InChI is InChI=1S/C18H19N3O4/c1-24-17(22)15-10-14(16(19)21-11-15)8-5-9-20-18(23)25-12-13-6-3-2-4-7-13/h2-8,10-11H,9,12H2,1H3,(H2,19,21)(H,20,23). The molecule has 1 aromatic heterocycles. The smallest absolute Gasteiger partial charge is 0.407 e. The fourth-order valence-electron chi connectivity index (χ4n) is 1.96. The Bertz CT molecular complexity index is 760. The third kappa shape index (κ3) is 5.65. The SMILES string of the molecule is COC(=O)c1cnc(N)c(C=CCNC(=O)OCc2ccccc2)c1. The lowest BCUT2D eigenvalue weighted by Crippen LogP contribution is -2.24. The van der Waals surface area contributed by atoms with Crippen molar-refractivity contribution in [2.75, 3.05) is 19.4 Å². The van der Waals surface area contributed by atoms with E-state index >= 15 is 0 Å². The van der Waals surface area contributed by atoms with E-state index in [1.54, 1.807) is 18.2 Å². The maximum Gasteiger partial charge on any atom is 0.407 e. The van der Waals surface area contributed by atoms with E-state index in [0.717, 1.165) is 5.56 Å². The number of nitrogens with zero attached hydrogens (tertiary/aromatic N) is 1. The fraction of sp³-hybridized carbons (Fsp3) is 0.167. The Hall–Kier alpha value is -3.35. The summed E-state index contributed by atoms with van der Waals surface area (Å²) in [5, 5.41) is 2.59. The number of ether oxygens (including phenoxy) is 2. The number of nitrogen functional groups attached to an aromatic ring is 1. The summed E-state index contributed by atoms with van der Waals surface area (Å²) in [7, 11) is 1.29. The number of esters is 1. The average molecular weight is 341 g/mol. The number of nitrogens with one attached hydrogen (secondary N) is 1. The second kappa shape index (κ2) is 9.07. The molecule has 1 heterocycles. The molecule has 0 aliphatic heterocycles. The first kappa shape index (κ1) is 18.0. The molecule has 0 radical (unpaired) electrons. The van der Waals surface area contributed by atoms with Gasteiger partial charge in [0.05, 0.1) is 12.7 Å². The average Bonchev–Trinajstić information content (AvgIpc) is 2.65. The molecule has 0 saturated heterocycles. The summed E-state index contributed by atoms with van der Waals surface area (Å²) >= 11 is 0. The van der Waals surface area contributed by atoms with Gasteiger partial charge in [-0.2, -0.15) is 0 Å². The maximum absolute atomic E-state index is 11.6. The lowest BCUT2D eigenvalue weighted by molar-refractivity contribution is 0.0600. The number of methoxy groups -OCH3 is 1. The lowest BCUT2D eigenvalue weighted by atomic mass is 10.1. The number of benzene rings is 1. The number of hydrogen-bond donors (Lipinski definition) is 2. The molecule has 0 bridgehead atoms. The Morgan fingerprint density at radius 3 is 2.76 bits per heavy atom. The van der Waals surface area contributed by atoms with Gasteiger partial charge in [0, 0.05) is 18.3 Å². The monoisotopic (exact) mass is 341 g/mol. The van der Waals surface area contributed by atoms with Crippen LogP contribution in [-0.2, 0) is 16.1 Å². The van der Waals surface area contributed by atoms with Crippen LogP contribution in [0.4, 0.5) is 10.6 Å². The van der Waals surface area contributed by atoms with Gasteiger partial charge in [-0.1, -0.05) is 42.5 Å². The molecule has 0 aliphatic carbocycles. The Morgan fingerprint density at radius 1 is 1.28 bits per heavy atom. The summed E-state index contributed by atoms with van der Waals surface area (Å²) in [5.74, 6) is -0.222. The number of alkyl carbamates (subject to hydrolysis) is 1. The van der Waals surface area contributed by atoms with E-state index in [2.05, 4.69) is 15.0 Å². The number of rotatable bonds is 6. The molecular formula is C18H19N3O4. The van der Waals surface area contributed by atoms with Gasteiger partial charge in [-0.05, 0) is 11.6 Å².